The van der Waals surface area contributed by atoms with Crippen LogP contribution in [0.3, 0.4) is 0 Å². The van der Waals surface area contributed by atoms with Crippen molar-refractivity contribution in [1.29, 1.82) is 0 Å². The molecular weight excluding hydrogens is 466 g/mol. The average Bonchev–Trinajstić information content (AvgIpc) is 3.34. The molecule has 0 spiro atoms. The minimum Gasteiger partial charge on any atom is -0.485 e. The van der Waals surface area contributed by atoms with Crippen LogP contribution >= 0.6 is 11.8 Å². The zero-order valence-electron chi connectivity index (χ0n) is 19.5. The third-order valence-electron chi connectivity index (χ3n) is 6.12. The lowest BCUT2D eigenvalue weighted by Crippen LogP contribution is -2.55. The number of benzene rings is 2. The zero-order valence-corrected chi connectivity index (χ0v) is 20.3. The van der Waals surface area contributed by atoms with Gasteiger partial charge >= 0.3 is 0 Å². The van der Waals surface area contributed by atoms with E-state index in [0.717, 1.165) is 16.5 Å². The summed E-state index contributed by atoms with van der Waals surface area (Å²) in [7, 11) is 0. The van der Waals surface area contributed by atoms with Crippen LogP contribution in [-0.2, 0) is 16.1 Å². The molecule has 0 radical (unpaired) electrons. The van der Waals surface area contributed by atoms with Gasteiger partial charge in [-0.05, 0) is 19.1 Å². The van der Waals surface area contributed by atoms with Crippen molar-refractivity contribution in [2.45, 2.75) is 24.7 Å². The highest BCUT2D eigenvalue weighted by Gasteiger charge is 2.33. The first-order valence-electron chi connectivity index (χ1n) is 11.7. The van der Waals surface area contributed by atoms with E-state index in [1.54, 1.807) is 15.9 Å². The maximum atomic E-state index is 12.9. The lowest BCUT2D eigenvalue weighted by atomic mass is 10.2. The molecule has 2 aliphatic rings. The van der Waals surface area contributed by atoms with E-state index in [2.05, 4.69) is 10.2 Å². The third kappa shape index (κ3) is 4.97. The first-order valence-corrected chi connectivity index (χ1v) is 12.7. The van der Waals surface area contributed by atoms with E-state index in [1.807, 2.05) is 60.0 Å². The van der Waals surface area contributed by atoms with Crippen LogP contribution in [0.4, 0.5) is 0 Å². The molecule has 35 heavy (non-hydrogen) atoms. The molecule has 0 N–H and O–H groups in total. The summed E-state index contributed by atoms with van der Waals surface area (Å²) in [5.74, 6) is 2.23. The Morgan fingerprint density at radius 3 is 2.37 bits per heavy atom. The summed E-state index contributed by atoms with van der Waals surface area (Å²) in [6.07, 6.45) is -0.665. The molecule has 9 nitrogen and oxygen atoms in total. The molecule has 0 unspecified atom stereocenters. The second-order valence-electron chi connectivity index (χ2n) is 8.28. The molecule has 182 valence electrons. The van der Waals surface area contributed by atoms with Gasteiger partial charge in [-0.25, -0.2) is 0 Å². The Balaban J connectivity index is 1.13. The van der Waals surface area contributed by atoms with Gasteiger partial charge in [-0.3, -0.25) is 9.59 Å². The molecule has 0 saturated carbocycles. The van der Waals surface area contributed by atoms with Crippen LogP contribution in [-0.4, -0.2) is 81.0 Å². The van der Waals surface area contributed by atoms with Crippen molar-refractivity contribution in [1.82, 2.24) is 24.6 Å². The highest BCUT2D eigenvalue weighted by molar-refractivity contribution is 7.99. The Hall–Kier alpha value is -3.53. The van der Waals surface area contributed by atoms with Gasteiger partial charge in [-0.15, -0.1) is 10.2 Å². The zero-order chi connectivity index (χ0) is 24.2. The van der Waals surface area contributed by atoms with E-state index in [0.29, 0.717) is 44.2 Å². The van der Waals surface area contributed by atoms with Crippen LogP contribution < -0.4 is 9.47 Å². The summed E-state index contributed by atoms with van der Waals surface area (Å²) in [4.78, 5) is 29.3. The lowest BCUT2D eigenvalue weighted by Gasteiger charge is -2.37. The van der Waals surface area contributed by atoms with Crippen molar-refractivity contribution < 1.29 is 19.1 Å². The van der Waals surface area contributed by atoms with Crippen LogP contribution in [0.1, 0.15) is 6.92 Å². The van der Waals surface area contributed by atoms with Gasteiger partial charge in [0.1, 0.15) is 6.61 Å². The van der Waals surface area contributed by atoms with E-state index in [4.69, 9.17) is 9.47 Å². The highest BCUT2D eigenvalue weighted by Crippen LogP contribution is 2.31. The summed E-state index contributed by atoms with van der Waals surface area (Å²) < 4.78 is 13.5. The second kappa shape index (κ2) is 10.4. The monoisotopic (exact) mass is 493 g/mol. The number of para-hydroxylation sites is 2. The van der Waals surface area contributed by atoms with Crippen LogP contribution in [0.25, 0.3) is 11.4 Å². The first-order chi connectivity index (χ1) is 17.1. The molecule has 0 bridgehead atoms. The van der Waals surface area contributed by atoms with E-state index < -0.39 is 6.10 Å². The third-order valence-corrected chi connectivity index (χ3v) is 7.07. The number of amides is 2. The van der Waals surface area contributed by atoms with Gasteiger partial charge in [-0.2, -0.15) is 0 Å². The number of carbonyl (C=O) groups excluding carboxylic acids is 2. The van der Waals surface area contributed by atoms with Crippen molar-refractivity contribution in [3.8, 4) is 22.9 Å². The van der Waals surface area contributed by atoms with Crippen molar-refractivity contribution in [3.05, 3.63) is 54.6 Å². The number of hydrogen-bond acceptors (Lipinski definition) is 7. The smallest absolute Gasteiger partial charge is 0.267 e. The molecule has 2 aromatic carbocycles. The number of nitrogens with zero attached hydrogens (tertiary/aromatic N) is 5. The number of rotatable bonds is 6. The van der Waals surface area contributed by atoms with Gasteiger partial charge in [0.2, 0.25) is 12.0 Å². The summed E-state index contributed by atoms with van der Waals surface area (Å²) in [6, 6.07) is 17.2. The van der Waals surface area contributed by atoms with Crippen LogP contribution in [0.15, 0.2) is 59.8 Å². The maximum absolute atomic E-state index is 12.9. The van der Waals surface area contributed by atoms with Gasteiger partial charge in [0.05, 0.1) is 5.75 Å². The molecule has 1 fully saturated rings. The molecular formula is C25H27N5O4S. The fourth-order valence-corrected chi connectivity index (χ4v) is 5.13. The number of hydrogen-bond donors (Lipinski definition) is 0. The maximum Gasteiger partial charge on any atom is 0.267 e. The normalized spacial score (nSPS) is 17.3. The topological polar surface area (TPSA) is 89.8 Å². The fourth-order valence-electron chi connectivity index (χ4n) is 4.22. The number of aromatic nitrogens is 3. The Kier molecular flexibility index (Phi) is 6.89. The van der Waals surface area contributed by atoms with Crippen LogP contribution in [0, 0.1) is 0 Å². The quantitative estimate of drug-likeness (QED) is 0.488. The summed E-state index contributed by atoms with van der Waals surface area (Å²) in [5, 5.41) is 9.37. The fraction of sp³-hybridized carbons (Fsp3) is 0.360. The summed E-state index contributed by atoms with van der Waals surface area (Å²) in [5.41, 5.74) is 0.997. The Morgan fingerprint density at radius 1 is 0.943 bits per heavy atom. The SMILES string of the molecule is CCn1c(SCC(=O)N2CCN(C(=O)[C@@H]3COc4ccccc4O3)CC2)nnc1-c1ccccc1. The van der Waals surface area contributed by atoms with Gasteiger partial charge < -0.3 is 23.8 Å². The van der Waals surface area contributed by atoms with Gasteiger partial charge in [0.15, 0.2) is 22.5 Å². The number of thioether (sulfide) groups is 1. The number of fused-ring (bicyclic) bond motifs is 1. The Bertz CT molecular complexity index is 1190. The van der Waals surface area contributed by atoms with Gasteiger partial charge in [0, 0.05) is 38.3 Å². The first kappa shape index (κ1) is 23.2. The predicted octanol–water partition coefficient (Wildman–Crippen LogP) is 2.57. The van der Waals surface area contributed by atoms with E-state index in [1.165, 1.54) is 11.8 Å². The van der Waals surface area contributed by atoms with Gasteiger partial charge in [-0.1, -0.05) is 54.2 Å². The van der Waals surface area contributed by atoms with Gasteiger partial charge in [0.25, 0.3) is 5.91 Å². The molecule has 2 aliphatic heterocycles. The van der Waals surface area contributed by atoms with Crippen LogP contribution in [0.2, 0.25) is 0 Å². The lowest BCUT2D eigenvalue weighted by molar-refractivity contribution is -0.145. The Morgan fingerprint density at radius 2 is 1.63 bits per heavy atom. The van der Waals surface area contributed by atoms with E-state index in [-0.39, 0.29) is 24.2 Å². The highest BCUT2D eigenvalue weighted by atomic mass is 32.2. The second-order valence-corrected chi connectivity index (χ2v) is 9.22. The molecule has 2 amide bonds. The van der Waals surface area contributed by atoms with E-state index in [9.17, 15) is 9.59 Å². The van der Waals surface area contributed by atoms with E-state index >= 15 is 0 Å². The molecule has 1 aromatic heterocycles. The van der Waals surface area contributed by atoms with Crippen molar-refractivity contribution in [2.75, 3.05) is 38.5 Å². The summed E-state index contributed by atoms with van der Waals surface area (Å²) in [6.45, 7) is 4.87. The molecule has 1 saturated heterocycles. The standard InChI is InChI=1S/C25H27N5O4S/c1-2-30-23(18-8-4-3-5-9-18)26-27-25(30)35-17-22(31)28-12-14-29(15-13-28)24(32)21-16-33-19-10-6-7-11-20(19)34-21/h3-11,21H,2,12-17H2,1H3/t21-/m0/s1. The number of piperazine rings is 1. The number of ether oxygens (including phenoxy) is 2. The minimum absolute atomic E-state index is 0.0280. The molecule has 10 heteroatoms. The van der Waals surface area contributed by atoms with Crippen LogP contribution in [0.5, 0.6) is 11.5 Å². The molecule has 1 atom stereocenters. The minimum atomic E-state index is -0.665. The van der Waals surface area contributed by atoms with Crippen molar-refractivity contribution in [2.24, 2.45) is 0 Å². The summed E-state index contributed by atoms with van der Waals surface area (Å²) >= 11 is 1.39. The number of carbonyl (C=O) groups is 2. The molecule has 0 aliphatic carbocycles. The molecule has 3 heterocycles. The largest absolute Gasteiger partial charge is 0.485 e. The van der Waals surface area contributed by atoms with Crippen molar-refractivity contribution >= 4 is 23.6 Å². The average molecular weight is 494 g/mol. The predicted molar refractivity (Wildman–Crippen MR) is 131 cm³/mol. The molecule has 3 aromatic rings. The van der Waals surface area contributed by atoms with Crippen molar-refractivity contribution in [3.63, 3.8) is 0 Å². The molecule has 5 rings (SSSR count). The Labute approximate surface area is 208 Å².